The molecular weight excluding hydrogens is 290 g/mol. The number of methoxy groups -OCH3 is 1. The highest BCUT2D eigenvalue weighted by Gasteiger charge is 2.08. The Balaban J connectivity index is 2.02. The predicted molar refractivity (Wildman–Crippen MR) is 80.9 cm³/mol. The van der Waals surface area contributed by atoms with Gasteiger partial charge in [0.15, 0.2) is 0 Å². The Labute approximate surface area is 125 Å². The first-order chi connectivity index (χ1) is 10.2. The fourth-order valence-corrected chi connectivity index (χ4v) is 2.30. The van der Waals surface area contributed by atoms with E-state index < -0.39 is 0 Å². The van der Waals surface area contributed by atoms with Crippen molar-refractivity contribution in [2.45, 2.75) is 6.54 Å². The van der Waals surface area contributed by atoms with E-state index in [1.54, 1.807) is 43.8 Å². The molecule has 0 atom stereocenters. The summed E-state index contributed by atoms with van der Waals surface area (Å²) < 4.78 is 6.48. The molecule has 0 spiro atoms. The highest BCUT2D eigenvalue weighted by atomic mass is 35.5. The molecule has 3 rings (SSSR count). The molecule has 0 fully saturated rings. The van der Waals surface area contributed by atoms with E-state index in [9.17, 15) is 4.79 Å². The van der Waals surface area contributed by atoms with Crippen molar-refractivity contribution in [3.05, 3.63) is 63.7 Å². The molecule has 0 radical (unpaired) electrons. The number of ether oxygens (including phenoxy) is 1. The second-order valence-corrected chi connectivity index (χ2v) is 4.91. The van der Waals surface area contributed by atoms with Crippen LogP contribution in [0.2, 0.25) is 5.02 Å². The van der Waals surface area contributed by atoms with Crippen molar-refractivity contribution in [1.82, 2.24) is 14.8 Å². The smallest absolute Gasteiger partial charge is 0.276 e. The van der Waals surface area contributed by atoms with Gasteiger partial charge in [0, 0.05) is 11.2 Å². The monoisotopic (exact) mass is 301 g/mol. The summed E-state index contributed by atoms with van der Waals surface area (Å²) in [5, 5.41) is 5.21. The van der Waals surface area contributed by atoms with Gasteiger partial charge in [-0.15, -0.1) is 0 Å². The van der Waals surface area contributed by atoms with Crippen LogP contribution in [0.3, 0.4) is 0 Å². The fourth-order valence-electron chi connectivity index (χ4n) is 2.07. The molecule has 106 valence electrons. The van der Waals surface area contributed by atoms with Crippen molar-refractivity contribution in [3.8, 4) is 5.75 Å². The Hall–Kier alpha value is -2.40. The Kier molecular flexibility index (Phi) is 3.58. The summed E-state index contributed by atoms with van der Waals surface area (Å²) >= 11 is 6.19. The molecule has 3 aromatic rings. The molecule has 0 N–H and O–H groups in total. The Bertz CT molecular complexity index is 861. The topological polar surface area (TPSA) is 57.0 Å². The Morgan fingerprint density at radius 1 is 1.33 bits per heavy atom. The number of hydrogen-bond donors (Lipinski definition) is 0. The fraction of sp³-hybridized carbons (Fsp3) is 0.133. The van der Waals surface area contributed by atoms with Crippen LogP contribution in [0.5, 0.6) is 5.75 Å². The van der Waals surface area contributed by atoms with Crippen LogP contribution in [-0.4, -0.2) is 21.9 Å². The zero-order valence-corrected chi connectivity index (χ0v) is 12.0. The second kappa shape index (κ2) is 5.54. The predicted octanol–water partition coefficient (Wildman–Crippen LogP) is 2.50. The van der Waals surface area contributed by atoms with Gasteiger partial charge >= 0.3 is 0 Å². The van der Waals surface area contributed by atoms with Gasteiger partial charge in [0.2, 0.25) is 0 Å². The number of fused-ring (bicyclic) bond motifs is 1. The molecule has 2 aromatic heterocycles. The van der Waals surface area contributed by atoms with Gasteiger partial charge in [-0.1, -0.05) is 17.7 Å². The third-order valence-corrected chi connectivity index (χ3v) is 3.55. The summed E-state index contributed by atoms with van der Waals surface area (Å²) in [6.07, 6.45) is 3.21. The van der Waals surface area contributed by atoms with Gasteiger partial charge in [0.1, 0.15) is 5.75 Å². The molecule has 6 heteroatoms. The van der Waals surface area contributed by atoms with E-state index in [-0.39, 0.29) is 5.56 Å². The van der Waals surface area contributed by atoms with Gasteiger partial charge in [-0.3, -0.25) is 9.78 Å². The molecule has 0 saturated carbocycles. The van der Waals surface area contributed by atoms with E-state index in [4.69, 9.17) is 16.3 Å². The molecule has 2 heterocycles. The van der Waals surface area contributed by atoms with Crippen molar-refractivity contribution >= 4 is 22.5 Å². The molecule has 0 aliphatic rings. The van der Waals surface area contributed by atoms with E-state index in [1.165, 1.54) is 4.68 Å². The van der Waals surface area contributed by atoms with Gasteiger partial charge in [0.05, 0.1) is 30.8 Å². The SMILES string of the molecule is COc1ccc(Cn2ncc3ncccc3c2=O)c(Cl)c1. The zero-order chi connectivity index (χ0) is 14.8. The first-order valence-corrected chi connectivity index (χ1v) is 6.70. The first-order valence-electron chi connectivity index (χ1n) is 6.32. The maximum Gasteiger partial charge on any atom is 0.276 e. The Morgan fingerprint density at radius 3 is 2.95 bits per heavy atom. The van der Waals surface area contributed by atoms with Crippen LogP contribution in [0.1, 0.15) is 5.56 Å². The largest absolute Gasteiger partial charge is 0.497 e. The molecule has 0 aliphatic heterocycles. The highest BCUT2D eigenvalue weighted by molar-refractivity contribution is 6.31. The lowest BCUT2D eigenvalue weighted by Crippen LogP contribution is -2.23. The molecule has 0 amide bonds. The highest BCUT2D eigenvalue weighted by Crippen LogP contribution is 2.22. The third kappa shape index (κ3) is 2.60. The van der Waals surface area contributed by atoms with Crippen LogP contribution < -0.4 is 10.3 Å². The lowest BCUT2D eigenvalue weighted by atomic mass is 10.2. The van der Waals surface area contributed by atoms with Gasteiger partial charge in [-0.05, 0) is 29.8 Å². The summed E-state index contributed by atoms with van der Waals surface area (Å²) in [5.41, 5.74) is 1.20. The van der Waals surface area contributed by atoms with Crippen LogP contribution in [0, 0.1) is 0 Å². The lowest BCUT2D eigenvalue weighted by Gasteiger charge is -2.08. The van der Waals surface area contributed by atoms with E-state index >= 15 is 0 Å². The molecule has 0 saturated heterocycles. The van der Waals surface area contributed by atoms with Crippen LogP contribution in [0.15, 0.2) is 47.5 Å². The number of nitrogens with zero attached hydrogens (tertiary/aromatic N) is 3. The molecule has 5 nitrogen and oxygen atoms in total. The van der Waals surface area contributed by atoms with E-state index in [1.807, 2.05) is 6.07 Å². The van der Waals surface area contributed by atoms with Crippen molar-refractivity contribution in [2.24, 2.45) is 0 Å². The van der Waals surface area contributed by atoms with Gasteiger partial charge in [-0.2, -0.15) is 5.10 Å². The maximum absolute atomic E-state index is 12.4. The summed E-state index contributed by atoms with van der Waals surface area (Å²) in [7, 11) is 1.58. The number of hydrogen-bond acceptors (Lipinski definition) is 4. The van der Waals surface area contributed by atoms with Gasteiger partial charge < -0.3 is 4.74 Å². The first kappa shape index (κ1) is 13.6. The van der Waals surface area contributed by atoms with Crippen molar-refractivity contribution in [1.29, 1.82) is 0 Å². The molecule has 1 aromatic carbocycles. The number of aromatic nitrogens is 3. The Morgan fingerprint density at radius 2 is 2.19 bits per heavy atom. The third-order valence-electron chi connectivity index (χ3n) is 3.20. The zero-order valence-electron chi connectivity index (χ0n) is 11.3. The lowest BCUT2D eigenvalue weighted by molar-refractivity contribution is 0.414. The van der Waals surface area contributed by atoms with Crippen LogP contribution in [-0.2, 0) is 6.54 Å². The number of halogens is 1. The minimum Gasteiger partial charge on any atom is -0.497 e. The summed E-state index contributed by atoms with van der Waals surface area (Å²) in [6.45, 7) is 0.298. The van der Waals surface area contributed by atoms with Crippen molar-refractivity contribution < 1.29 is 4.74 Å². The standard InChI is InChI=1S/C15H12ClN3O2/c1-21-11-5-4-10(13(16)7-11)9-19-15(20)12-3-2-6-17-14(12)8-18-19/h2-8H,9H2,1H3. The summed E-state index contributed by atoms with van der Waals surface area (Å²) in [6, 6.07) is 8.80. The summed E-state index contributed by atoms with van der Waals surface area (Å²) in [4.78, 5) is 16.5. The maximum atomic E-state index is 12.4. The minimum absolute atomic E-state index is 0.188. The van der Waals surface area contributed by atoms with E-state index in [0.29, 0.717) is 28.2 Å². The van der Waals surface area contributed by atoms with Crippen LogP contribution >= 0.6 is 11.6 Å². The molecular formula is C15H12ClN3O2. The number of benzene rings is 1. The van der Waals surface area contributed by atoms with Crippen molar-refractivity contribution in [2.75, 3.05) is 7.11 Å². The average molecular weight is 302 g/mol. The quantitative estimate of drug-likeness (QED) is 0.746. The minimum atomic E-state index is -0.188. The van der Waals surface area contributed by atoms with E-state index in [0.717, 1.165) is 5.56 Å². The van der Waals surface area contributed by atoms with Crippen LogP contribution in [0.4, 0.5) is 0 Å². The van der Waals surface area contributed by atoms with Crippen LogP contribution in [0.25, 0.3) is 10.9 Å². The second-order valence-electron chi connectivity index (χ2n) is 4.50. The van der Waals surface area contributed by atoms with Crippen molar-refractivity contribution in [3.63, 3.8) is 0 Å². The average Bonchev–Trinajstić information content (AvgIpc) is 2.52. The van der Waals surface area contributed by atoms with Gasteiger partial charge in [0.25, 0.3) is 5.56 Å². The summed E-state index contributed by atoms with van der Waals surface area (Å²) in [5.74, 6) is 0.673. The molecule has 0 bridgehead atoms. The van der Waals surface area contributed by atoms with Gasteiger partial charge in [-0.25, -0.2) is 4.68 Å². The molecule has 0 aliphatic carbocycles. The molecule has 0 unspecified atom stereocenters. The number of rotatable bonds is 3. The number of pyridine rings is 1. The molecule has 21 heavy (non-hydrogen) atoms. The normalized spacial score (nSPS) is 10.8. The van der Waals surface area contributed by atoms with E-state index in [2.05, 4.69) is 10.1 Å².